The number of benzene rings is 3. The summed E-state index contributed by atoms with van der Waals surface area (Å²) in [7, 11) is -4.08. The second-order valence-corrected chi connectivity index (χ2v) is 12.9. The minimum absolute atomic E-state index is 0.0105. The summed E-state index contributed by atoms with van der Waals surface area (Å²) >= 11 is 0. The second-order valence-electron chi connectivity index (χ2n) is 11.3. The largest absolute Gasteiger partial charge is 0.493 e. The van der Waals surface area contributed by atoms with Gasteiger partial charge in [0, 0.05) is 43.7 Å². The highest BCUT2D eigenvalue weighted by Crippen LogP contribution is 2.29. The molecule has 0 unspecified atom stereocenters. The van der Waals surface area contributed by atoms with Crippen molar-refractivity contribution in [3.8, 4) is 5.75 Å². The number of rotatable bonds is 8. The van der Waals surface area contributed by atoms with E-state index in [1.807, 2.05) is 36.4 Å². The summed E-state index contributed by atoms with van der Waals surface area (Å²) in [5.41, 5.74) is 4.23. The molecular formula is C32H33FN4O4S. The molecule has 4 aromatic rings. The quantitative estimate of drug-likeness (QED) is 0.245. The lowest BCUT2D eigenvalue weighted by molar-refractivity contribution is 0.212. The van der Waals surface area contributed by atoms with Gasteiger partial charge in [-0.05, 0) is 70.1 Å². The van der Waals surface area contributed by atoms with E-state index in [4.69, 9.17) is 4.74 Å². The molecule has 42 heavy (non-hydrogen) atoms. The molecule has 0 saturated carbocycles. The minimum Gasteiger partial charge on any atom is -0.493 e. The number of nitrogens with one attached hydrogen (secondary N) is 2. The van der Waals surface area contributed by atoms with Crippen molar-refractivity contribution in [1.82, 2.24) is 9.88 Å². The van der Waals surface area contributed by atoms with Crippen LogP contribution in [-0.4, -0.2) is 30.9 Å². The van der Waals surface area contributed by atoms with Crippen molar-refractivity contribution in [3.63, 3.8) is 0 Å². The summed E-state index contributed by atoms with van der Waals surface area (Å²) in [6.45, 7) is 7.31. The fourth-order valence-electron chi connectivity index (χ4n) is 4.64. The maximum absolute atomic E-state index is 14.8. The van der Waals surface area contributed by atoms with Crippen LogP contribution in [0.15, 0.2) is 90.1 Å². The van der Waals surface area contributed by atoms with E-state index in [9.17, 15) is 17.6 Å². The monoisotopic (exact) mass is 588 g/mol. The standard InChI is InChI=1S/C32H33FN4O4S/c1-32(2,3)25-7-9-26(10-8-25)35-31(38)37-20-23-6-12-28(17-24(23)21-37)42(39,40)36-30-13-11-27(18-29(30)33)41-16-14-22-5-4-15-34-19-22/h4-13,15,17-19,36H,14,16,20-21H2,1-3H3,(H,35,38). The van der Waals surface area contributed by atoms with E-state index in [1.165, 1.54) is 24.3 Å². The molecule has 218 valence electrons. The summed E-state index contributed by atoms with van der Waals surface area (Å²) in [5, 5.41) is 2.91. The lowest BCUT2D eigenvalue weighted by Crippen LogP contribution is -2.30. The van der Waals surface area contributed by atoms with Crippen molar-refractivity contribution in [2.75, 3.05) is 16.6 Å². The van der Waals surface area contributed by atoms with E-state index in [0.29, 0.717) is 36.6 Å². The lowest BCUT2D eigenvalue weighted by Gasteiger charge is -2.20. The highest BCUT2D eigenvalue weighted by atomic mass is 32.2. The molecule has 0 radical (unpaired) electrons. The molecule has 2 amide bonds. The molecule has 0 saturated heterocycles. The predicted molar refractivity (Wildman–Crippen MR) is 160 cm³/mol. The molecule has 8 nitrogen and oxygen atoms in total. The fraction of sp³-hybridized carbons (Fsp3) is 0.250. The van der Waals surface area contributed by atoms with Gasteiger partial charge < -0.3 is 15.0 Å². The molecule has 0 fully saturated rings. The number of hydrogen-bond donors (Lipinski definition) is 2. The first-order valence-corrected chi connectivity index (χ1v) is 15.1. The number of carbonyl (C=O) groups is 1. The zero-order chi connectivity index (χ0) is 29.9. The molecule has 1 aromatic heterocycles. The van der Waals surface area contributed by atoms with Crippen LogP contribution in [0.25, 0.3) is 0 Å². The normalized spacial score (nSPS) is 13.0. The van der Waals surface area contributed by atoms with E-state index in [-0.39, 0.29) is 28.6 Å². The predicted octanol–water partition coefficient (Wildman–Crippen LogP) is 6.49. The average molecular weight is 589 g/mol. The number of urea groups is 1. The zero-order valence-electron chi connectivity index (χ0n) is 23.7. The molecule has 2 heterocycles. The average Bonchev–Trinajstić information content (AvgIpc) is 3.39. The number of sulfonamides is 1. The van der Waals surface area contributed by atoms with E-state index in [2.05, 4.69) is 35.8 Å². The van der Waals surface area contributed by atoms with Gasteiger partial charge in [-0.1, -0.05) is 45.0 Å². The van der Waals surface area contributed by atoms with Crippen LogP contribution in [0.3, 0.4) is 0 Å². The number of amides is 2. The van der Waals surface area contributed by atoms with Crippen molar-refractivity contribution >= 4 is 27.4 Å². The number of nitrogens with zero attached hydrogens (tertiary/aromatic N) is 2. The number of hydrogen-bond acceptors (Lipinski definition) is 5. The Balaban J connectivity index is 1.19. The SMILES string of the molecule is CC(C)(C)c1ccc(NC(=O)N2Cc3ccc(S(=O)(=O)Nc4ccc(OCCc5cccnc5)cc4F)cc3C2)cc1. The molecule has 10 heteroatoms. The Morgan fingerprint density at radius 2 is 1.76 bits per heavy atom. The summed E-state index contributed by atoms with van der Waals surface area (Å²) in [4.78, 5) is 18.6. The second kappa shape index (κ2) is 11.8. The van der Waals surface area contributed by atoms with Crippen molar-refractivity contribution in [2.24, 2.45) is 0 Å². The van der Waals surface area contributed by atoms with Crippen molar-refractivity contribution in [3.05, 3.63) is 113 Å². The van der Waals surface area contributed by atoms with Gasteiger partial charge in [0.1, 0.15) is 5.75 Å². The van der Waals surface area contributed by atoms with E-state index < -0.39 is 15.8 Å². The van der Waals surface area contributed by atoms with Crippen LogP contribution in [0, 0.1) is 5.82 Å². The first kappa shape index (κ1) is 29.1. The Kier molecular flexibility index (Phi) is 8.17. The fourth-order valence-corrected chi connectivity index (χ4v) is 5.76. The molecule has 0 atom stereocenters. The van der Waals surface area contributed by atoms with Crippen LogP contribution in [0.4, 0.5) is 20.6 Å². The van der Waals surface area contributed by atoms with Gasteiger partial charge in [-0.25, -0.2) is 17.6 Å². The Morgan fingerprint density at radius 1 is 1.00 bits per heavy atom. The van der Waals surface area contributed by atoms with Gasteiger partial charge in [0.15, 0.2) is 5.82 Å². The van der Waals surface area contributed by atoms with E-state index >= 15 is 0 Å². The van der Waals surface area contributed by atoms with Crippen LogP contribution >= 0.6 is 0 Å². The Hall–Kier alpha value is -4.44. The molecule has 1 aliphatic rings. The Labute approximate surface area is 245 Å². The Morgan fingerprint density at radius 3 is 2.45 bits per heavy atom. The van der Waals surface area contributed by atoms with Gasteiger partial charge in [-0.2, -0.15) is 0 Å². The van der Waals surface area contributed by atoms with Crippen molar-refractivity contribution < 1.29 is 22.3 Å². The molecule has 2 N–H and O–H groups in total. The summed E-state index contributed by atoms with van der Waals surface area (Å²) in [6, 6.07) is 19.9. The molecule has 3 aromatic carbocycles. The van der Waals surface area contributed by atoms with E-state index in [0.717, 1.165) is 22.8 Å². The van der Waals surface area contributed by atoms with Crippen molar-refractivity contribution in [1.29, 1.82) is 0 Å². The van der Waals surface area contributed by atoms with E-state index in [1.54, 1.807) is 23.4 Å². The van der Waals surface area contributed by atoms with Gasteiger partial charge in [0.25, 0.3) is 10.0 Å². The lowest BCUT2D eigenvalue weighted by atomic mass is 9.87. The number of pyridine rings is 1. The maximum atomic E-state index is 14.8. The van der Waals surface area contributed by atoms with Gasteiger partial charge >= 0.3 is 6.03 Å². The first-order chi connectivity index (χ1) is 20.0. The van der Waals surface area contributed by atoms with Crippen LogP contribution in [0.1, 0.15) is 43.0 Å². The van der Waals surface area contributed by atoms with Crippen molar-refractivity contribution in [2.45, 2.75) is 50.6 Å². The summed E-state index contributed by atoms with van der Waals surface area (Å²) in [5.74, 6) is -0.461. The van der Waals surface area contributed by atoms with Gasteiger partial charge in [0.05, 0.1) is 17.2 Å². The molecule has 5 rings (SSSR count). The third-order valence-corrected chi connectivity index (χ3v) is 8.43. The number of carbonyl (C=O) groups excluding carboxylic acids is 1. The van der Waals surface area contributed by atoms with Crippen LogP contribution < -0.4 is 14.8 Å². The molecule has 0 spiro atoms. The molecule has 1 aliphatic heterocycles. The third-order valence-electron chi connectivity index (χ3n) is 7.07. The maximum Gasteiger partial charge on any atom is 0.322 e. The number of anilines is 2. The number of ether oxygens (including phenoxy) is 1. The number of fused-ring (bicyclic) bond motifs is 1. The third kappa shape index (κ3) is 6.88. The van der Waals surface area contributed by atoms with Gasteiger partial charge in [-0.15, -0.1) is 0 Å². The Bertz CT molecular complexity index is 1690. The number of halogens is 1. The summed E-state index contributed by atoms with van der Waals surface area (Å²) in [6.07, 6.45) is 4.02. The summed E-state index contributed by atoms with van der Waals surface area (Å²) < 4.78 is 49.0. The highest BCUT2D eigenvalue weighted by molar-refractivity contribution is 7.92. The molecular weight excluding hydrogens is 555 g/mol. The zero-order valence-corrected chi connectivity index (χ0v) is 24.5. The minimum atomic E-state index is -4.08. The number of aromatic nitrogens is 1. The van der Waals surface area contributed by atoms with Gasteiger partial charge in [-0.3, -0.25) is 9.71 Å². The highest BCUT2D eigenvalue weighted by Gasteiger charge is 2.26. The van der Waals surface area contributed by atoms with Gasteiger partial charge in [0.2, 0.25) is 0 Å². The molecule has 0 aliphatic carbocycles. The van der Waals surface area contributed by atoms with Crippen LogP contribution in [0.5, 0.6) is 5.75 Å². The first-order valence-electron chi connectivity index (χ1n) is 13.6. The smallest absolute Gasteiger partial charge is 0.322 e. The van der Waals surface area contributed by atoms with Crippen LogP contribution in [-0.2, 0) is 34.9 Å². The topological polar surface area (TPSA) is 101 Å². The van der Waals surface area contributed by atoms with Crippen LogP contribution in [0.2, 0.25) is 0 Å². The molecule has 0 bridgehead atoms.